The Morgan fingerprint density at radius 2 is 1.83 bits per heavy atom. The molecule has 3 atom stereocenters. The topological polar surface area (TPSA) is 46.2 Å². The summed E-state index contributed by atoms with van der Waals surface area (Å²) in [6, 6.07) is 7.97. The lowest BCUT2D eigenvalue weighted by Gasteiger charge is -2.35. The smallest absolute Gasteiger partial charge is 0.192 e. The molecule has 1 aromatic carbocycles. The molecule has 0 amide bonds. The van der Waals surface area contributed by atoms with Crippen LogP contribution in [0.5, 0.6) is 5.75 Å². The van der Waals surface area contributed by atoms with Crippen molar-refractivity contribution in [3.63, 3.8) is 0 Å². The van der Waals surface area contributed by atoms with Gasteiger partial charge in [0.1, 0.15) is 11.9 Å². The molecule has 0 bridgehead atoms. The van der Waals surface area contributed by atoms with Gasteiger partial charge in [-0.15, -0.1) is 0 Å². The van der Waals surface area contributed by atoms with Gasteiger partial charge in [-0.05, 0) is 55.6 Å². The highest BCUT2D eigenvalue weighted by atomic mass is 28.4. The molecule has 5 nitrogen and oxygen atoms in total. The third-order valence-electron chi connectivity index (χ3n) is 6.92. The highest BCUT2D eigenvalue weighted by molar-refractivity contribution is 6.74. The van der Waals surface area contributed by atoms with E-state index in [0.717, 1.165) is 24.2 Å². The predicted octanol–water partition coefficient (Wildman–Crippen LogP) is 6.85. The standard InChI is InChI=1S/C29H46O5Si/c1-23-18-20-32-26(21-23)16-17-27(31-6)28(33-22-24-12-14-25(30-5)15-13-24)11-9-10-19-34-35(7,8)29(2,3)4/h9-10,12-18,26-28H,11,19-22H2,1-8H3. The van der Waals surface area contributed by atoms with Crippen LogP contribution < -0.4 is 4.74 Å². The summed E-state index contributed by atoms with van der Waals surface area (Å²) in [5, 5.41) is 0.200. The number of hydrogen-bond acceptors (Lipinski definition) is 5. The highest BCUT2D eigenvalue weighted by Gasteiger charge is 2.36. The zero-order valence-electron chi connectivity index (χ0n) is 23.0. The average molecular weight is 503 g/mol. The first-order valence-electron chi connectivity index (χ1n) is 12.6. The third-order valence-corrected chi connectivity index (χ3v) is 11.4. The molecule has 0 spiro atoms. The molecule has 0 N–H and O–H groups in total. The van der Waals surface area contributed by atoms with Crippen molar-refractivity contribution in [1.29, 1.82) is 0 Å². The monoisotopic (exact) mass is 502 g/mol. The van der Waals surface area contributed by atoms with Gasteiger partial charge in [-0.1, -0.05) is 68.9 Å². The molecule has 0 radical (unpaired) electrons. The Morgan fingerprint density at radius 3 is 2.43 bits per heavy atom. The van der Waals surface area contributed by atoms with E-state index in [1.165, 1.54) is 5.57 Å². The van der Waals surface area contributed by atoms with Crippen LogP contribution >= 0.6 is 0 Å². The van der Waals surface area contributed by atoms with Crippen LogP contribution in [-0.2, 0) is 25.2 Å². The first-order chi connectivity index (χ1) is 16.6. The Bertz CT molecular complexity index is 836. The molecule has 3 unspecified atom stereocenters. The van der Waals surface area contributed by atoms with Crippen molar-refractivity contribution in [1.82, 2.24) is 0 Å². The van der Waals surface area contributed by atoms with Crippen LogP contribution in [0, 0.1) is 0 Å². The molecule has 1 aromatic rings. The van der Waals surface area contributed by atoms with Crippen molar-refractivity contribution in [3.05, 3.63) is 65.8 Å². The van der Waals surface area contributed by atoms with Gasteiger partial charge in [0.15, 0.2) is 8.32 Å². The van der Waals surface area contributed by atoms with E-state index in [2.05, 4.69) is 71.2 Å². The summed E-state index contributed by atoms with van der Waals surface area (Å²) < 4.78 is 29.6. The highest BCUT2D eigenvalue weighted by Crippen LogP contribution is 2.36. The molecule has 0 aromatic heterocycles. The fraction of sp³-hybridized carbons (Fsp3) is 0.586. The molecular formula is C29H46O5Si. The molecule has 0 aliphatic carbocycles. The second kappa shape index (κ2) is 14.1. The van der Waals surface area contributed by atoms with Crippen LogP contribution in [0.4, 0.5) is 0 Å². The minimum atomic E-state index is -1.76. The number of benzene rings is 1. The third kappa shape index (κ3) is 10.1. The van der Waals surface area contributed by atoms with E-state index < -0.39 is 8.32 Å². The van der Waals surface area contributed by atoms with Crippen LogP contribution in [0.15, 0.2) is 60.2 Å². The van der Waals surface area contributed by atoms with E-state index in [9.17, 15) is 0 Å². The molecule has 1 aliphatic rings. The molecule has 1 aliphatic heterocycles. The number of hydrogen-bond donors (Lipinski definition) is 0. The van der Waals surface area contributed by atoms with Crippen molar-refractivity contribution in [3.8, 4) is 5.75 Å². The van der Waals surface area contributed by atoms with Crippen LogP contribution in [0.3, 0.4) is 0 Å². The lowest BCUT2D eigenvalue weighted by Crippen LogP contribution is -2.40. The minimum absolute atomic E-state index is 0.0772. The summed E-state index contributed by atoms with van der Waals surface area (Å²) >= 11 is 0. The second-order valence-corrected chi connectivity index (χ2v) is 15.5. The summed E-state index contributed by atoms with van der Waals surface area (Å²) in [5.41, 5.74) is 2.45. The van der Waals surface area contributed by atoms with Crippen LogP contribution in [0.25, 0.3) is 0 Å². The van der Waals surface area contributed by atoms with Crippen molar-refractivity contribution in [2.24, 2.45) is 0 Å². The van der Waals surface area contributed by atoms with Crippen molar-refractivity contribution in [2.45, 2.75) is 83.6 Å². The van der Waals surface area contributed by atoms with Gasteiger partial charge in [0.25, 0.3) is 0 Å². The fourth-order valence-corrected chi connectivity index (χ4v) is 4.42. The summed E-state index contributed by atoms with van der Waals surface area (Å²) in [7, 11) is 1.64. The first-order valence-corrected chi connectivity index (χ1v) is 15.5. The van der Waals surface area contributed by atoms with Crippen molar-refractivity contribution in [2.75, 3.05) is 27.4 Å². The van der Waals surface area contributed by atoms with Gasteiger partial charge in [0.2, 0.25) is 0 Å². The van der Waals surface area contributed by atoms with Gasteiger partial charge < -0.3 is 23.4 Å². The molecule has 2 rings (SSSR count). The summed E-state index contributed by atoms with van der Waals surface area (Å²) in [5.74, 6) is 0.837. The molecule has 0 fully saturated rings. The Kier molecular flexibility index (Phi) is 11.9. The van der Waals surface area contributed by atoms with Crippen LogP contribution in [0.2, 0.25) is 18.1 Å². The summed E-state index contributed by atoms with van der Waals surface area (Å²) in [6.07, 6.45) is 12.0. The van der Waals surface area contributed by atoms with Crippen LogP contribution in [0.1, 0.15) is 46.1 Å². The summed E-state index contributed by atoms with van der Waals surface area (Å²) in [6.45, 7) is 15.3. The molecule has 196 valence electrons. The normalized spacial score (nSPS) is 19.2. The van der Waals surface area contributed by atoms with Gasteiger partial charge >= 0.3 is 0 Å². The van der Waals surface area contributed by atoms with E-state index in [1.807, 2.05) is 24.3 Å². The number of ether oxygens (including phenoxy) is 4. The maximum Gasteiger partial charge on any atom is 0.192 e. The van der Waals surface area contributed by atoms with Gasteiger partial charge in [-0.2, -0.15) is 0 Å². The number of methoxy groups -OCH3 is 2. The zero-order valence-corrected chi connectivity index (χ0v) is 24.0. The Labute approximate surface area is 214 Å². The van der Waals surface area contributed by atoms with E-state index >= 15 is 0 Å². The number of rotatable bonds is 13. The Morgan fingerprint density at radius 1 is 1.11 bits per heavy atom. The molecule has 0 saturated carbocycles. The van der Waals surface area contributed by atoms with E-state index in [4.69, 9.17) is 23.4 Å². The van der Waals surface area contributed by atoms with Crippen molar-refractivity contribution < 1.29 is 23.4 Å². The lowest BCUT2D eigenvalue weighted by molar-refractivity contribution is -0.0420. The molecule has 6 heteroatoms. The maximum atomic E-state index is 6.36. The largest absolute Gasteiger partial charge is 0.497 e. The van der Waals surface area contributed by atoms with Gasteiger partial charge in [-0.3, -0.25) is 0 Å². The summed E-state index contributed by atoms with van der Waals surface area (Å²) in [4.78, 5) is 0. The molecule has 0 saturated heterocycles. The maximum absolute atomic E-state index is 6.36. The van der Waals surface area contributed by atoms with Crippen molar-refractivity contribution >= 4 is 8.32 Å². The molecular weight excluding hydrogens is 456 g/mol. The van der Waals surface area contributed by atoms with Crippen LogP contribution in [-0.4, -0.2) is 54.1 Å². The van der Waals surface area contributed by atoms with E-state index in [1.54, 1.807) is 14.2 Å². The Hall–Kier alpha value is -1.70. The Balaban J connectivity index is 2.04. The first kappa shape index (κ1) is 29.5. The molecule has 35 heavy (non-hydrogen) atoms. The predicted molar refractivity (Wildman–Crippen MR) is 147 cm³/mol. The van der Waals surface area contributed by atoms with Gasteiger partial charge in [-0.25, -0.2) is 0 Å². The van der Waals surface area contributed by atoms with E-state index in [-0.39, 0.29) is 23.4 Å². The van der Waals surface area contributed by atoms with Gasteiger partial charge in [0.05, 0.1) is 39.1 Å². The zero-order chi connectivity index (χ0) is 25.9. The SMILES string of the molecule is COc1ccc(COC(CC=CCO[Si](C)(C)C(C)(C)C)C(C=CC2CC(C)=CCO2)OC)cc1. The molecule has 1 heterocycles. The average Bonchev–Trinajstić information content (AvgIpc) is 2.81. The quantitative estimate of drug-likeness (QED) is 0.218. The lowest BCUT2D eigenvalue weighted by atomic mass is 10.0. The fourth-order valence-electron chi connectivity index (χ4n) is 3.48. The van der Waals surface area contributed by atoms with Gasteiger partial charge in [0, 0.05) is 7.11 Å². The van der Waals surface area contributed by atoms with E-state index in [0.29, 0.717) is 19.8 Å². The second-order valence-electron chi connectivity index (χ2n) is 10.7. The minimum Gasteiger partial charge on any atom is -0.497 e.